The van der Waals surface area contributed by atoms with Crippen molar-refractivity contribution in [2.45, 2.75) is 64.2 Å². The number of hydrogen-bond acceptors (Lipinski definition) is 7. The number of phenolic OH excluding ortho intramolecular Hbond substituents is 1. The maximum Gasteiger partial charge on any atom is 0.325 e. The monoisotopic (exact) mass is 480 g/mol. The average Bonchev–Trinajstić information content (AvgIpc) is 2.75. The Bertz CT molecular complexity index is 887. The number of rotatable bonds is 13. The fourth-order valence-electron chi connectivity index (χ4n) is 2.95. The van der Waals surface area contributed by atoms with Crippen LogP contribution in [0.25, 0.3) is 0 Å². The van der Waals surface area contributed by atoms with Crippen LogP contribution in [0.2, 0.25) is 0 Å². The van der Waals surface area contributed by atoms with Crippen molar-refractivity contribution in [2.75, 3.05) is 0 Å². The molecule has 1 aromatic rings. The summed E-state index contributed by atoms with van der Waals surface area (Å²) < 4.78 is 0. The van der Waals surface area contributed by atoms with Gasteiger partial charge >= 0.3 is 11.9 Å². The Labute approximate surface area is 196 Å². The van der Waals surface area contributed by atoms with Gasteiger partial charge in [-0.05, 0) is 43.4 Å². The Kier molecular flexibility index (Phi) is 11.0. The van der Waals surface area contributed by atoms with E-state index in [2.05, 4.69) is 16.0 Å². The van der Waals surface area contributed by atoms with Crippen molar-refractivity contribution in [1.82, 2.24) is 16.0 Å². The number of carbonyl (C=O) groups excluding carboxylic acids is 3. The van der Waals surface area contributed by atoms with Gasteiger partial charge in [0.25, 0.3) is 0 Å². The first-order valence-electron chi connectivity index (χ1n) is 10.7. The summed E-state index contributed by atoms with van der Waals surface area (Å²) in [5.74, 6) is -5.06. The molecule has 0 aliphatic heterocycles. The third-order valence-corrected chi connectivity index (χ3v) is 4.98. The summed E-state index contributed by atoms with van der Waals surface area (Å²) in [6, 6.07) is 1.37. The highest BCUT2D eigenvalue weighted by molar-refractivity contribution is 5.94. The molecule has 12 heteroatoms. The fourth-order valence-corrected chi connectivity index (χ4v) is 2.95. The van der Waals surface area contributed by atoms with Crippen molar-refractivity contribution in [3.63, 3.8) is 0 Å². The Hall–Kier alpha value is -3.67. The molecule has 0 aliphatic rings. The first-order chi connectivity index (χ1) is 15.8. The molecule has 4 unspecified atom stereocenters. The van der Waals surface area contributed by atoms with Crippen LogP contribution in [0.15, 0.2) is 24.3 Å². The van der Waals surface area contributed by atoms with E-state index in [-0.39, 0.29) is 18.6 Å². The number of carbonyl (C=O) groups is 5. The first-order valence-corrected chi connectivity index (χ1v) is 10.7. The Morgan fingerprint density at radius 1 is 0.882 bits per heavy atom. The Morgan fingerprint density at radius 3 is 1.97 bits per heavy atom. The van der Waals surface area contributed by atoms with E-state index in [0.717, 1.165) is 0 Å². The maximum absolute atomic E-state index is 12.9. The van der Waals surface area contributed by atoms with E-state index in [1.165, 1.54) is 19.1 Å². The predicted molar refractivity (Wildman–Crippen MR) is 121 cm³/mol. The lowest BCUT2D eigenvalue weighted by Gasteiger charge is -2.26. The minimum atomic E-state index is -1.29. The van der Waals surface area contributed by atoms with Gasteiger partial charge in [0.15, 0.2) is 0 Å². The quantitative estimate of drug-likeness (QED) is 0.191. The van der Waals surface area contributed by atoms with Crippen molar-refractivity contribution in [1.29, 1.82) is 0 Å². The van der Waals surface area contributed by atoms with Gasteiger partial charge in [0.1, 0.15) is 23.9 Å². The van der Waals surface area contributed by atoms with Crippen LogP contribution in [0.5, 0.6) is 5.75 Å². The van der Waals surface area contributed by atoms with Crippen LogP contribution < -0.4 is 21.7 Å². The van der Waals surface area contributed by atoms with E-state index in [0.29, 0.717) is 5.56 Å². The van der Waals surface area contributed by atoms with Gasteiger partial charge in [0.2, 0.25) is 17.7 Å². The molecular weight excluding hydrogens is 448 g/mol. The Morgan fingerprint density at radius 2 is 1.47 bits per heavy atom. The van der Waals surface area contributed by atoms with E-state index in [4.69, 9.17) is 15.9 Å². The number of aromatic hydroxyl groups is 1. The number of benzene rings is 1. The summed E-state index contributed by atoms with van der Waals surface area (Å²) in [7, 11) is 0. The van der Waals surface area contributed by atoms with Gasteiger partial charge in [0.05, 0.1) is 6.04 Å². The molecule has 0 aliphatic carbocycles. The summed E-state index contributed by atoms with van der Waals surface area (Å²) in [5, 5.41) is 34.5. The van der Waals surface area contributed by atoms with Gasteiger partial charge in [-0.2, -0.15) is 0 Å². The minimum Gasteiger partial charge on any atom is -0.508 e. The number of hydrogen-bond donors (Lipinski definition) is 7. The third-order valence-electron chi connectivity index (χ3n) is 4.98. The van der Waals surface area contributed by atoms with Gasteiger partial charge in [-0.1, -0.05) is 26.0 Å². The molecule has 12 nitrogen and oxygen atoms in total. The van der Waals surface area contributed by atoms with Crippen molar-refractivity contribution in [3.8, 4) is 5.75 Å². The molecule has 1 aromatic carbocycles. The highest BCUT2D eigenvalue weighted by atomic mass is 16.4. The molecule has 0 saturated carbocycles. The molecule has 0 radical (unpaired) electrons. The molecule has 0 spiro atoms. The zero-order chi connectivity index (χ0) is 26.0. The molecule has 0 saturated heterocycles. The molecule has 0 fully saturated rings. The van der Waals surface area contributed by atoms with Gasteiger partial charge in [-0.15, -0.1) is 0 Å². The van der Waals surface area contributed by atoms with Crippen LogP contribution in [0.3, 0.4) is 0 Å². The molecule has 0 aromatic heterocycles. The molecule has 188 valence electrons. The summed E-state index contributed by atoms with van der Waals surface area (Å²) >= 11 is 0. The summed E-state index contributed by atoms with van der Waals surface area (Å²) in [6.07, 6.45) is -0.583. The molecule has 34 heavy (non-hydrogen) atoms. The number of nitrogens with two attached hydrogens (primary N) is 1. The first kappa shape index (κ1) is 28.4. The zero-order valence-electron chi connectivity index (χ0n) is 19.3. The van der Waals surface area contributed by atoms with Crippen LogP contribution in [0.1, 0.15) is 39.2 Å². The number of carboxylic acid groups (broad SMARTS) is 2. The smallest absolute Gasteiger partial charge is 0.325 e. The number of aliphatic carboxylic acids is 2. The van der Waals surface area contributed by atoms with Crippen molar-refractivity contribution in [2.24, 2.45) is 11.7 Å². The number of amides is 3. The second-order valence-electron chi connectivity index (χ2n) is 8.27. The zero-order valence-corrected chi connectivity index (χ0v) is 19.3. The highest BCUT2D eigenvalue weighted by Crippen LogP contribution is 2.11. The second-order valence-corrected chi connectivity index (χ2v) is 8.27. The van der Waals surface area contributed by atoms with Crippen LogP contribution in [-0.4, -0.2) is 69.1 Å². The summed E-state index contributed by atoms with van der Waals surface area (Å²) in [5.41, 5.74) is 6.59. The lowest BCUT2D eigenvalue weighted by atomic mass is 10.0. The molecule has 8 N–H and O–H groups in total. The van der Waals surface area contributed by atoms with Crippen LogP contribution in [-0.2, 0) is 30.4 Å². The van der Waals surface area contributed by atoms with Crippen LogP contribution >= 0.6 is 0 Å². The summed E-state index contributed by atoms with van der Waals surface area (Å²) in [4.78, 5) is 60.0. The van der Waals surface area contributed by atoms with Crippen molar-refractivity contribution >= 4 is 29.7 Å². The van der Waals surface area contributed by atoms with E-state index in [1.807, 2.05) is 0 Å². The fraction of sp³-hybridized carbons (Fsp3) is 0.500. The van der Waals surface area contributed by atoms with Crippen molar-refractivity contribution < 1.29 is 39.3 Å². The van der Waals surface area contributed by atoms with E-state index < -0.39 is 66.2 Å². The van der Waals surface area contributed by atoms with Gasteiger partial charge in [-0.3, -0.25) is 24.0 Å². The highest BCUT2D eigenvalue weighted by Gasteiger charge is 2.31. The van der Waals surface area contributed by atoms with Crippen LogP contribution in [0.4, 0.5) is 0 Å². The molecule has 1 rings (SSSR count). The number of carboxylic acids is 2. The van der Waals surface area contributed by atoms with Gasteiger partial charge < -0.3 is 37.0 Å². The topological polar surface area (TPSA) is 208 Å². The minimum absolute atomic E-state index is 0.0497. The average molecular weight is 481 g/mol. The molecule has 0 bridgehead atoms. The maximum atomic E-state index is 12.9. The summed E-state index contributed by atoms with van der Waals surface area (Å²) in [6.45, 7) is 4.54. The van der Waals surface area contributed by atoms with Crippen LogP contribution in [0, 0.1) is 5.92 Å². The van der Waals surface area contributed by atoms with E-state index in [9.17, 15) is 29.1 Å². The van der Waals surface area contributed by atoms with Gasteiger partial charge in [-0.25, -0.2) is 0 Å². The molecule has 0 heterocycles. The largest absolute Gasteiger partial charge is 0.508 e. The third kappa shape index (κ3) is 9.45. The van der Waals surface area contributed by atoms with E-state index >= 15 is 0 Å². The number of phenols is 1. The van der Waals surface area contributed by atoms with Crippen molar-refractivity contribution in [3.05, 3.63) is 29.8 Å². The molecule has 4 atom stereocenters. The SMILES string of the molecule is CC(NC(=O)C(NC(=O)C(CCC(=O)O)NC(=O)C(N)Cc1ccc(O)cc1)C(C)C)C(=O)O. The lowest BCUT2D eigenvalue weighted by molar-refractivity contribution is -0.142. The van der Waals surface area contributed by atoms with Gasteiger partial charge in [0, 0.05) is 6.42 Å². The van der Waals surface area contributed by atoms with E-state index in [1.54, 1.807) is 26.0 Å². The predicted octanol–water partition coefficient (Wildman–Crippen LogP) is -0.658. The normalized spacial score (nSPS) is 14.4. The number of nitrogens with one attached hydrogen (secondary N) is 3. The molecule has 3 amide bonds. The standard InChI is InChI=1S/C22H32N4O8/c1-11(2)18(21(32)24-12(3)22(33)34)26-20(31)16(8-9-17(28)29)25-19(30)15(23)10-13-4-6-14(27)7-5-13/h4-7,11-12,15-16,18,27H,8-10,23H2,1-3H3,(H,24,32)(H,25,30)(H,26,31)(H,28,29)(H,33,34). The molecular formula is C22H32N4O8. The lowest BCUT2D eigenvalue weighted by Crippen LogP contribution is -2.58. The second kappa shape index (κ2) is 13.1. The Balaban J connectivity index is 2.92.